The summed E-state index contributed by atoms with van der Waals surface area (Å²) in [5, 5.41) is 6.70. The van der Waals surface area contributed by atoms with Crippen molar-refractivity contribution in [1.82, 2.24) is 10.6 Å². The molecular weight excluding hydrogens is 100 g/mol. The van der Waals surface area contributed by atoms with Crippen LogP contribution >= 0.6 is 0 Å². The lowest BCUT2D eigenvalue weighted by atomic mass is 10.3. The Hall–Kier alpha value is -0.0800. The first kappa shape index (κ1) is 4.77. The van der Waals surface area contributed by atoms with Crippen molar-refractivity contribution in [2.75, 3.05) is 20.1 Å². The molecular formula is C6H12N2. The van der Waals surface area contributed by atoms with Gasteiger partial charge in [0.25, 0.3) is 0 Å². The van der Waals surface area contributed by atoms with E-state index in [0.29, 0.717) is 5.54 Å². The second kappa shape index (κ2) is 1.25. The van der Waals surface area contributed by atoms with Crippen LogP contribution in [-0.4, -0.2) is 25.7 Å². The van der Waals surface area contributed by atoms with Crippen LogP contribution in [0.3, 0.4) is 0 Å². The molecule has 0 radical (unpaired) electrons. The van der Waals surface area contributed by atoms with Gasteiger partial charge >= 0.3 is 0 Å². The largest absolute Gasteiger partial charge is 0.315 e. The normalized spacial score (nSPS) is 51.4. The molecule has 0 aromatic carbocycles. The summed E-state index contributed by atoms with van der Waals surface area (Å²) in [5.41, 5.74) is 0.542. The van der Waals surface area contributed by atoms with Crippen molar-refractivity contribution >= 4 is 0 Å². The Balaban J connectivity index is 2.08. The van der Waals surface area contributed by atoms with Gasteiger partial charge in [-0.15, -0.1) is 0 Å². The summed E-state index contributed by atoms with van der Waals surface area (Å²) >= 11 is 0. The summed E-state index contributed by atoms with van der Waals surface area (Å²) in [6.45, 7) is 2.43. The van der Waals surface area contributed by atoms with Crippen LogP contribution < -0.4 is 10.6 Å². The Morgan fingerprint density at radius 2 is 2.62 bits per heavy atom. The Labute approximate surface area is 49.7 Å². The van der Waals surface area contributed by atoms with Crippen molar-refractivity contribution in [2.24, 2.45) is 5.92 Å². The third kappa shape index (κ3) is 0.400. The molecule has 1 heterocycles. The van der Waals surface area contributed by atoms with Gasteiger partial charge < -0.3 is 10.6 Å². The van der Waals surface area contributed by atoms with Gasteiger partial charge in [-0.3, -0.25) is 0 Å². The van der Waals surface area contributed by atoms with Crippen LogP contribution in [0.1, 0.15) is 6.42 Å². The number of fused-ring (bicyclic) bond motifs is 1. The Bertz CT molecular complexity index is 109. The lowest BCUT2D eigenvalue weighted by molar-refractivity contribution is 0.554. The smallest absolute Gasteiger partial charge is 0.0348 e. The zero-order valence-corrected chi connectivity index (χ0v) is 5.20. The van der Waals surface area contributed by atoms with Gasteiger partial charge in [0.15, 0.2) is 0 Å². The van der Waals surface area contributed by atoms with E-state index in [0.717, 1.165) is 5.92 Å². The number of rotatable bonds is 1. The molecule has 0 aromatic heterocycles. The fourth-order valence-corrected chi connectivity index (χ4v) is 1.73. The summed E-state index contributed by atoms with van der Waals surface area (Å²) in [5.74, 6) is 0.951. The highest BCUT2D eigenvalue weighted by Gasteiger charge is 2.55. The van der Waals surface area contributed by atoms with Crippen molar-refractivity contribution in [3.63, 3.8) is 0 Å². The summed E-state index contributed by atoms with van der Waals surface area (Å²) in [6, 6.07) is 0. The van der Waals surface area contributed by atoms with Gasteiger partial charge in [-0.05, 0) is 25.9 Å². The van der Waals surface area contributed by atoms with Gasteiger partial charge in [-0.1, -0.05) is 0 Å². The van der Waals surface area contributed by atoms with E-state index in [2.05, 4.69) is 17.7 Å². The molecule has 0 bridgehead atoms. The molecule has 1 saturated heterocycles. The fraction of sp³-hybridized carbons (Fsp3) is 1.00. The number of hydrogen-bond acceptors (Lipinski definition) is 2. The minimum Gasteiger partial charge on any atom is -0.315 e. The zero-order valence-electron chi connectivity index (χ0n) is 5.20. The quantitative estimate of drug-likeness (QED) is 0.481. The lowest BCUT2D eigenvalue weighted by Gasteiger charge is -2.07. The maximum atomic E-state index is 3.35. The average Bonchev–Trinajstić information content (AvgIpc) is 2.38. The first-order valence-electron chi connectivity index (χ1n) is 3.27. The van der Waals surface area contributed by atoms with E-state index < -0.39 is 0 Å². The van der Waals surface area contributed by atoms with E-state index >= 15 is 0 Å². The molecule has 2 atom stereocenters. The first-order chi connectivity index (χ1) is 3.87. The predicted octanol–water partition coefficient (Wildman–Crippen LogP) is -0.432. The van der Waals surface area contributed by atoms with Crippen LogP contribution in [0.2, 0.25) is 0 Å². The van der Waals surface area contributed by atoms with E-state index in [1.54, 1.807) is 0 Å². The molecule has 0 unspecified atom stereocenters. The van der Waals surface area contributed by atoms with Crippen molar-refractivity contribution in [3.05, 3.63) is 0 Å². The Morgan fingerprint density at radius 1 is 1.75 bits per heavy atom. The van der Waals surface area contributed by atoms with Crippen LogP contribution in [0.15, 0.2) is 0 Å². The Kier molecular flexibility index (Phi) is 0.746. The molecule has 0 spiro atoms. The molecule has 2 fully saturated rings. The molecule has 0 aromatic rings. The van der Waals surface area contributed by atoms with Gasteiger partial charge in [0.1, 0.15) is 0 Å². The molecule has 2 heteroatoms. The summed E-state index contributed by atoms with van der Waals surface area (Å²) in [6.07, 6.45) is 1.40. The lowest BCUT2D eigenvalue weighted by Crippen LogP contribution is -2.33. The van der Waals surface area contributed by atoms with E-state index in [1.807, 2.05) is 0 Å². The highest BCUT2D eigenvalue weighted by molar-refractivity contribution is 5.15. The molecule has 8 heavy (non-hydrogen) atoms. The Morgan fingerprint density at radius 3 is 2.88 bits per heavy atom. The van der Waals surface area contributed by atoms with Crippen LogP contribution in [0, 0.1) is 5.92 Å². The third-order valence-electron chi connectivity index (χ3n) is 2.56. The summed E-state index contributed by atoms with van der Waals surface area (Å²) < 4.78 is 0. The summed E-state index contributed by atoms with van der Waals surface area (Å²) in [4.78, 5) is 0. The van der Waals surface area contributed by atoms with Gasteiger partial charge in [0.2, 0.25) is 0 Å². The number of piperidine rings is 1. The molecule has 0 amide bonds. The molecule has 2 nitrogen and oxygen atoms in total. The summed E-state index contributed by atoms with van der Waals surface area (Å²) in [7, 11) is 2.06. The molecule has 2 aliphatic rings. The van der Waals surface area contributed by atoms with Crippen LogP contribution in [0.4, 0.5) is 0 Å². The van der Waals surface area contributed by atoms with Crippen molar-refractivity contribution in [2.45, 2.75) is 12.0 Å². The van der Waals surface area contributed by atoms with Crippen molar-refractivity contribution < 1.29 is 0 Å². The van der Waals surface area contributed by atoms with E-state index in [4.69, 9.17) is 0 Å². The predicted molar refractivity (Wildman–Crippen MR) is 32.8 cm³/mol. The average molecular weight is 112 g/mol. The van der Waals surface area contributed by atoms with E-state index in [-0.39, 0.29) is 0 Å². The van der Waals surface area contributed by atoms with Crippen molar-refractivity contribution in [3.8, 4) is 0 Å². The van der Waals surface area contributed by atoms with Crippen LogP contribution in [0.25, 0.3) is 0 Å². The third-order valence-corrected chi connectivity index (χ3v) is 2.56. The first-order valence-corrected chi connectivity index (χ1v) is 3.27. The SMILES string of the molecule is CN[C@@]12CNC[C@@H]1C2. The van der Waals surface area contributed by atoms with Gasteiger partial charge in [0.05, 0.1) is 0 Å². The molecule has 2 rings (SSSR count). The highest BCUT2D eigenvalue weighted by Crippen LogP contribution is 2.45. The minimum absolute atomic E-state index is 0.542. The molecule has 2 N–H and O–H groups in total. The minimum atomic E-state index is 0.542. The topological polar surface area (TPSA) is 24.1 Å². The fourth-order valence-electron chi connectivity index (χ4n) is 1.73. The van der Waals surface area contributed by atoms with Crippen LogP contribution in [0.5, 0.6) is 0 Å². The number of hydrogen-bond donors (Lipinski definition) is 2. The molecule has 1 saturated carbocycles. The second-order valence-corrected chi connectivity index (χ2v) is 2.94. The van der Waals surface area contributed by atoms with Crippen LogP contribution in [-0.2, 0) is 0 Å². The highest BCUT2D eigenvalue weighted by atomic mass is 15.1. The van der Waals surface area contributed by atoms with E-state index in [9.17, 15) is 0 Å². The molecule has 46 valence electrons. The maximum Gasteiger partial charge on any atom is 0.0348 e. The van der Waals surface area contributed by atoms with Gasteiger partial charge in [0, 0.05) is 12.1 Å². The van der Waals surface area contributed by atoms with Crippen molar-refractivity contribution in [1.29, 1.82) is 0 Å². The molecule has 1 aliphatic heterocycles. The van der Waals surface area contributed by atoms with Gasteiger partial charge in [-0.25, -0.2) is 0 Å². The van der Waals surface area contributed by atoms with Gasteiger partial charge in [-0.2, -0.15) is 0 Å². The van der Waals surface area contributed by atoms with E-state index in [1.165, 1.54) is 19.5 Å². The number of likely N-dealkylation sites (N-methyl/N-ethyl adjacent to an activating group) is 1. The number of nitrogens with one attached hydrogen (secondary N) is 2. The zero-order chi connectivity index (χ0) is 5.61. The second-order valence-electron chi connectivity index (χ2n) is 2.94. The molecule has 1 aliphatic carbocycles. The standard InChI is InChI=1S/C6H12N2/c1-7-6-2-5(6)3-8-4-6/h5,7-8H,2-4H2,1H3/t5-,6-/m0/s1. The monoisotopic (exact) mass is 112 g/mol. The maximum absolute atomic E-state index is 3.35.